The number of ether oxygens (including phenoxy) is 2. The number of nitrogens with zero attached hydrogens (tertiary/aromatic N) is 3. The van der Waals surface area contributed by atoms with Crippen molar-refractivity contribution in [3.05, 3.63) is 126 Å². The summed E-state index contributed by atoms with van der Waals surface area (Å²) in [5.74, 6) is -0.552. The van der Waals surface area contributed by atoms with E-state index in [1.807, 2.05) is 0 Å². The van der Waals surface area contributed by atoms with Crippen LogP contribution in [0.15, 0.2) is 81.1 Å². The molecule has 0 N–H and O–H groups in total. The normalized spacial score (nSPS) is 11.2. The second-order valence-electron chi connectivity index (χ2n) is 9.43. The van der Waals surface area contributed by atoms with E-state index in [1.165, 1.54) is 44.5 Å². The molecule has 0 fully saturated rings. The molecule has 5 rings (SSSR count). The van der Waals surface area contributed by atoms with Crippen LogP contribution >= 0.6 is 0 Å². The van der Waals surface area contributed by atoms with Crippen molar-refractivity contribution in [1.82, 2.24) is 13.7 Å². The third-order valence-corrected chi connectivity index (χ3v) is 6.67. The number of pyridine rings is 1. The summed E-state index contributed by atoms with van der Waals surface area (Å²) in [6.45, 7) is 3.16. The molecular weight excluding hydrogens is 520 g/mol. The van der Waals surface area contributed by atoms with Gasteiger partial charge in [-0.1, -0.05) is 18.2 Å². The Kier molecular flexibility index (Phi) is 6.85. The molecule has 0 saturated heterocycles. The molecule has 0 radical (unpaired) electrons. The summed E-state index contributed by atoms with van der Waals surface area (Å²) in [6, 6.07) is 16.0. The zero-order chi connectivity index (χ0) is 28.7. The molecule has 40 heavy (non-hydrogen) atoms. The monoisotopic (exact) mass is 545 g/mol. The Labute approximate surface area is 226 Å². The standard InChI is InChI=1S/C30H25F2N3O5/c1-17-5-11-23(22(32)13-17)35-28-27(29(37)34(30(35)38)16-19-6-9-21(39-4)10-7-19)25(15-26(36)33(28)3)40-24-12-8-20(31)14-18(24)2/h5-15H,16H2,1-4H3. The SMILES string of the molecule is COc1ccc(Cn2c(=O)c3c(Oc4ccc(F)cc4C)cc(=O)n(C)c3n(-c3ccc(C)cc3F)c2=O)cc1. The Morgan fingerprint density at radius 2 is 1.57 bits per heavy atom. The van der Waals surface area contributed by atoms with Crippen LogP contribution in [-0.2, 0) is 13.6 Å². The first-order valence-electron chi connectivity index (χ1n) is 12.3. The van der Waals surface area contributed by atoms with Gasteiger partial charge in [0.2, 0.25) is 0 Å². The van der Waals surface area contributed by atoms with Crippen molar-refractivity contribution in [1.29, 1.82) is 0 Å². The van der Waals surface area contributed by atoms with E-state index in [4.69, 9.17) is 9.47 Å². The number of methoxy groups -OCH3 is 1. The summed E-state index contributed by atoms with van der Waals surface area (Å²) in [5.41, 5.74) is -0.835. The van der Waals surface area contributed by atoms with Crippen molar-refractivity contribution >= 4 is 11.0 Å². The molecule has 2 aromatic heterocycles. The number of aryl methyl sites for hydroxylation is 3. The third kappa shape index (κ3) is 4.68. The Balaban J connectivity index is 1.87. The Hall–Kier alpha value is -4.99. The minimum Gasteiger partial charge on any atom is -0.497 e. The van der Waals surface area contributed by atoms with Crippen LogP contribution in [0, 0.1) is 25.5 Å². The first-order valence-corrected chi connectivity index (χ1v) is 12.3. The van der Waals surface area contributed by atoms with Crippen molar-refractivity contribution in [2.45, 2.75) is 20.4 Å². The maximum Gasteiger partial charge on any atom is 0.337 e. The molecule has 8 nitrogen and oxygen atoms in total. The highest BCUT2D eigenvalue weighted by Crippen LogP contribution is 2.30. The highest BCUT2D eigenvalue weighted by atomic mass is 19.1. The molecule has 0 spiro atoms. The van der Waals surface area contributed by atoms with Crippen molar-refractivity contribution in [3.63, 3.8) is 0 Å². The topological polar surface area (TPSA) is 84.5 Å². The molecule has 0 unspecified atom stereocenters. The zero-order valence-corrected chi connectivity index (χ0v) is 22.2. The third-order valence-electron chi connectivity index (χ3n) is 6.67. The molecule has 5 aromatic rings. The Morgan fingerprint density at radius 3 is 2.23 bits per heavy atom. The van der Waals surface area contributed by atoms with Gasteiger partial charge in [0.1, 0.15) is 39.9 Å². The molecular formula is C30H25F2N3O5. The van der Waals surface area contributed by atoms with Gasteiger partial charge in [-0.2, -0.15) is 0 Å². The van der Waals surface area contributed by atoms with Gasteiger partial charge in [-0.25, -0.2) is 18.1 Å². The predicted octanol–water partition coefficient (Wildman–Crippen LogP) is 4.60. The van der Waals surface area contributed by atoms with Crippen molar-refractivity contribution in [2.24, 2.45) is 7.05 Å². The first kappa shape index (κ1) is 26.6. The summed E-state index contributed by atoms with van der Waals surface area (Å²) in [7, 11) is 2.90. The number of benzene rings is 3. The van der Waals surface area contributed by atoms with E-state index in [-0.39, 0.29) is 34.8 Å². The molecule has 0 bridgehead atoms. The van der Waals surface area contributed by atoms with Gasteiger partial charge in [0.05, 0.1) is 19.3 Å². The largest absolute Gasteiger partial charge is 0.497 e. The number of halogens is 2. The highest BCUT2D eigenvalue weighted by Gasteiger charge is 2.24. The van der Waals surface area contributed by atoms with Crippen molar-refractivity contribution in [3.8, 4) is 22.9 Å². The number of rotatable bonds is 6. The number of aromatic nitrogens is 3. The van der Waals surface area contributed by atoms with Gasteiger partial charge in [-0.15, -0.1) is 0 Å². The van der Waals surface area contributed by atoms with E-state index in [0.29, 0.717) is 22.4 Å². The molecule has 0 aliphatic heterocycles. The molecule has 0 aliphatic carbocycles. The van der Waals surface area contributed by atoms with E-state index < -0.39 is 28.4 Å². The summed E-state index contributed by atoms with van der Waals surface area (Å²) in [5, 5.41) is -0.126. The summed E-state index contributed by atoms with van der Waals surface area (Å²) in [6.07, 6.45) is 0. The predicted molar refractivity (Wildman–Crippen MR) is 147 cm³/mol. The van der Waals surface area contributed by atoms with E-state index in [1.54, 1.807) is 44.2 Å². The van der Waals surface area contributed by atoms with Gasteiger partial charge in [-0.3, -0.25) is 18.7 Å². The highest BCUT2D eigenvalue weighted by molar-refractivity contribution is 5.83. The fourth-order valence-electron chi connectivity index (χ4n) is 4.55. The first-order chi connectivity index (χ1) is 19.1. The molecule has 10 heteroatoms. The maximum atomic E-state index is 15.3. The van der Waals surface area contributed by atoms with Crippen molar-refractivity contribution < 1.29 is 18.3 Å². The van der Waals surface area contributed by atoms with Gasteiger partial charge in [0.25, 0.3) is 11.1 Å². The number of hydrogen-bond donors (Lipinski definition) is 0. The number of fused-ring (bicyclic) bond motifs is 1. The minimum atomic E-state index is -0.846. The van der Waals surface area contributed by atoms with Crippen molar-refractivity contribution in [2.75, 3.05) is 7.11 Å². The van der Waals surface area contributed by atoms with E-state index >= 15 is 4.39 Å². The second-order valence-corrected chi connectivity index (χ2v) is 9.43. The lowest BCUT2D eigenvalue weighted by Gasteiger charge is -2.19. The van der Waals surface area contributed by atoms with Gasteiger partial charge in [0, 0.05) is 13.1 Å². The van der Waals surface area contributed by atoms with Crippen LogP contribution in [-0.4, -0.2) is 20.8 Å². The Bertz CT molecular complexity index is 1960. The van der Waals surface area contributed by atoms with Crippen LogP contribution in [0.5, 0.6) is 17.2 Å². The fourth-order valence-corrected chi connectivity index (χ4v) is 4.55. The average molecular weight is 546 g/mol. The molecule has 0 atom stereocenters. The van der Waals surface area contributed by atoms with Crippen LogP contribution in [0.2, 0.25) is 0 Å². The molecule has 0 amide bonds. The number of hydrogen-bond acceptors (Lipinski definition) is 5. The molecule has 0 saturated carbocycles. The van der Waals surface area contributed by atoms with E-state index in [9.17, 15) is 18.8 Å². The maximum absolute atomic E-state index is 15.3. The van der Waals surface area contributed by atoms with Gasteiger partial charge in [-0.05, 0) is 73.0 Å². The van der Waals surface area contributed by atoms with E-state index in [2.05, 4.69) is 0 Å². The average Bonchev–Trinajstić information content (AvgIpc) is 2.92. The van der Waals surface area contributed by atoms with Gasteiger partial charge in [0.15, 0.2) is 0 Å². The minimum absolute atomic E-state index is 0.126. The molecule has 204 valence electrons. The smallest absolute Gasteiger partial charge is 0.337 e. The van der Waals surface area contributed by atoms with Gasteiger partial charge < -0.3 is 9.47 Å². The second kappa shape index (κ2) is 10.3. The lowest BCUT2D eigenvalue weighted by atomic mass is 10.2. The zero-order valence-electron chi connectivity index (χ0n) is 22.2. The van der Waals surface area contributed by atoms with Crippen LogP contribution in [0.25, 0.3) is 16.7 Å². The summed E-state index contributed by atoms with van der Waals surface area (Å²) >= 11 is 0. The van der Waals surface area contributed by atoms with Crippen LogP contribution in [0.4, 0.5) is 8.78 Å². The Morgan fingerprint density at radius 1 is 0.850 bits per heavy atom. The molecule has 3 aromatic carbocycles. The fraction of sp³-hybridized carbons (Fsp3) is 0.167. The van der Waals surface area contributed by atoms with Crippen LogP contribution in [0.3, 0.4) is 0 Å². The summed E-state index contributed by atoms with van der Waals surface area (Å²) < 4.78 is 43.3. The molecule has 2 heterocycles. The van der Waals surface area contributed by atoms with Crippen LogP contribution in [0.1, 0.15) is 16.7 Å². The molecule has 0 aliphatic rings. The quantitative estimate of drug-likeness (QED) is 0.312. The summed E-state index contributed by atoms with van der Waals surface area (Å²) in [4.78, 5) is 41.0. The lowest BCUT2D eigenvalue weighted by Crippen LogP contribution is -2.42. The van der Waals surface area contributed by atoms with Crippen LogP contribution < -0.4 is 26.3 Å². The van der Waals surface area contributed by atoms with Gasteiger partial charge >= 0.3 is 5.69 Å². The lowest BCUT2D eigenvalue weighted by molar-refractivity contribution is 0.414. The van der Waals surface area contributed by atoms with E-state index in [0.717, 1.165) is 19.8 Å².